The van der Waals surface area contributed by atoms with Crippen molar-refractivity contribution >= 4 is 22.4 Å². The normalized spacial score (nSPS) is 13.5. The van der Waals surface area contributed by atoms with Gasteiger partial charge in [0.15, 0.2) is 0 Å². The molecule has 130 valence electrons. The molecule has 4 heteroatoms. The standard InChI is InChI=1S/C20H27NO3/c1-5-14-23-18-13-12-17(15-10-8-9-11-16(15)18)21-19(22)20(4,6-2)24-7-3/h8-13H,5-7,14H2,1-4H3,(H,21,22)/t20-/m1/s1. The average molecular weight is 329 g/mol. The first kappa shape index (κ1) is 18.3. The van der Waals surface area contributed by atoms with Crippen LogP contribution in [-0.2, 0) is 9.53 Å². The van der Waals surface area contributed by atoms with Crippen LogP contribution in [-0.4, -0.2) is 24.7 Å². The minimum Gasteiger partial charge on any atom is -0.493 e. The number of nitrogens with one attached hydrogen (secondary N) is 1. The molecule has 0 aliphatic heterocycles. The number of fused-ring (bicyclic) bond motifs is 1. The van der Waals surface area contributed by atoms with Gasteiger partial charge in [-0.1, -0.05) is 38.1 Å². The first-order valence-electron chi connectivity index (χ1n) is 8.65. The molecule has 0 fully saturated rings. The third kappa shape index (κ3) is 3.88. The van der Waals surface area contributed by atoms with Gasteiger partial charge in [0.05, 0.1) is 6.61 Å². The Labute approximate surface area is 144 Å². The van der Waals surface area contributed by atoms with E-state index in [1.807, 2.05) is 57.2 Å². The van der Waals surface area contributed by atoms with Gasteiger partial charge in [-0.05, 0) is 38.8 Å². The summed E-state index contributed by atoms with van der Waals surface area (Å²) < 4.78 is 11.5. The molecule has 0 saturated heterocycles. The summed E-state index contributed by atoms with van der Waals surface area (Å²) in [7, 11) is 0. The highest BCUT2D eigenvalue weighted by atomic mass is 16.5. The Hall–Kier alpha value is -2.07. The van der Waals surface area contributed by atoms with Crippen molar-refractivity contribution in [1.29, 1.82) is 0 Å². The van der Waals surface area contributed by atoms with E-state index in [-0.39, 0.29) is 5.91 Å². The maximum Gasteiger partial charge on any atom is 0.256 e. The van der Waals surface area contributed by atoms with Gasteiger partial charge in [-0.2, -0.15) is 0 Å². The van der Waals surface area contributed by atoms with E-state index in [1.165, 1.54) is 0 Å². The number of hydrogen-bond acceptors (Lipinski definition) is 3. The van der Waals surface area contributed by atoms with Crippen molar-refractivity contribution in [2.45, 2.75) is 46.1 Å². The van der Waals surface area contributed by atoms with Crippen LogP contribution in [0.5, 0.6) is 5.75 Å². The molecule has 24 heavy (non-hydrogen) atoms. The summed E-state index contributed by atoms with van der Waals surface area (Å²) in [5.74, 6) is 0.716. The van der Waals surface area contributed by atoms with Crippen LogP contribution < -0.4 is 10.1 Å². The number of carbonyl (C=O) groups is 1. The van der Waals surface area contributed by atoms with Crippen molar-refractivity contribution in [3.63, 3.8) is 0 Å². The minimum atomic E-state index is -0.826. The molecule has 0 radical (unpaired) electrons. The molecule has 1 N–H and O–H groups in total. The fraction of sp³-hybridized carbons (Fsp3) is 0.450. The molecule has 0 heterocycles. The third-order valence-corrected chi connectivity index (χ3v) is 4.21. The van der Waals surface area contributed by atoms with E-state index in [0.717, 1.165) is 28.6 Å². The Balaban J connectivity index is 2.35. The molecule has 2 aromatic rings. The first-order valence-corrected chi connectivity index (χ1v) is 8.65. The monoisotopic (exact) mass is 329 g/mol. The lowest BCUT2D eigenvalue weighted by atomic mass is 10.0. The lowest BCUT2D eigenvalue weighted by molar-refractivity contribution is -0.139. The van der Waals surface area contributed by atoms with Crippen molar-refractivity contribution in [2.24, 2.45) is 0 Å². The number of carbonyl (C=O) groups excluding carboxylic acids is 1. The molecule has 0 aromatic heterocycles. The molecule has 1 amide bonds. The fourth-order valence-electron chi connectivity index (χ4n) is 2.62. The summed E-state index contributed by atoms with van der Waals surface area (Å²) in [6.45, 7) is 8.94. The zero-order valence-corrected chi connectivity index (χ0v) is 15.0. The van der Waals surface area contributed by atoms with Gasteiger partial charge >= 0.3 is 0 Å². The fourth-order valence-corrected chi connectivity index (χ4v) is 2.62. The smallest absolute Gasteiger partial charge is 0.256 e. The van der Waals surface area contributed by atoms with E-state index in [4.69, 9.17) is 9.47 Å². The molecule has 4 nitrogen and oxygen atoms in total. The Morgan fingerprint density at radius 2 is 1.79 bits per heavy atom. The molecular weight excluding hydrogens is 302 g/mol. The lowest BCUT2D eigenvalue weighted by Gasteiger charge is -2.27. The van der Waals surface area contributed by atoms with E-state index in [1.54, 1.807) is 0 Å². The molecule has 2 aromatic carbocycles. The van der Waals surface area contributed by atoms with E-state index >= 15 is 0 Å². The van der Waals surface area contributed by atoms with E-state index in [9.17, 15) is 4.79 Å². The number of amides is 1. The molecule has 0 unspecified atom stereocenters. The van der Waals surface area contributed by atoms with Crippen LogP contribution in [0.4, 0.5) is 5.69 Å². The maximum atomic E-state index is 12.7. The number of ether oxygens (including phenoxy) is 2. The van der Waals surface area contributed by atoms with E-state index in [0.29, 0.717) is 19.6 Å². The molecule has 0 aliphatic carbocycles. The van der Waals surface area contributed by atoms with Crippen molar-refractivity contribution in [3.05, 3.63) is 36.4 Å². The van der Waals surface area contributed by atoms with Crippen molar-refractivity contribution in [3.8, 4) is 5.75 Å². The Kier molecular flexibility index (Phi) is 6.21. The molecule has 2 rings (SSSR count). The van der Waals surface area contributed by atoms with Gasteiger partial charge in [-0.25, -0.2) is 0 Å². The number of rotatable bonds is 8. The highest BCUT2D eigenvalue weighted by molar-refractivity contribution is 6.06. The predicted octanol–water partition coefficient (Wildman–Crippen LogP) is 4.77. The van der Waals surface area contributed by atoms with Gasteiger partial charge in [0.25, 0.3) is 5.91 Å². The number of hydrogen-bond donors (Lipinski definition) is 1. The van der Waals surface area contributed by atoms with Gasteiger partial charge < -0.3 is 14.8 Å². The SMILES string of the molecule is CCCOc1ccc(NC(=O)[C@@](C)(CC)OCC)c2ccccc12. The van der Waals surface area contributed by atoms with Crippen LogP contribution >= 0.6 is 0 Å². The molecule has 1 atom stereocenters. The molecule has 0 bridgehead atoms. The molecule has 0 saturated carbocycles. The zero-order chi connectivity index (χ0) is 17.6. The van der Waals surface area contributed by atoms with Gasteiger partial charge in [0.2, 0.25) is 0 Å². The quantitative estimate of drug-likeness (QED) is 0.758. The van der Waals surface area contributed by atoms with Gasteiger partial charge in [-0.15, -0.1) is 0 Å². The van der Waals surface area contributed by atoms with Crippen LogP contribution in [0.2, 0.25) is 0 Å². The highest BCUT2D eigenvalue weighted by Gasteiger charge is 2.32. The second-order valence-electron chi connectivity index (χ2n) is 5.98. The highest BCUT2D eigenvalue weighted by Crippen LogP contribution is 2.32. The van der Waals surface area contributed by atoms with Crippen molar-refractivity contribution < 1.29 is 14.3 Å². The first-order chi connectivity index (χ1) is 11.6. The summed E-state index contributed by atoms with van der Waals surface area (Å²) in [5.41, 5.74) is -0.0495. The zero-order valence-electron chi connectivity index (χ0n) is 15.0. The summed E-state index contributed by atoms with van der Waals surface area (Å²) in [4.78, 5) is 12.7. The van der Waals surface area contributed by atoms with E-state index < -0.39 is 5.60 Å². The van der Waals surface area contributed by atoms with Crippen LogP contribution in [0.15, 0.2) is 36.4 Å². The van der Waals surface area contributed by atoms with Crippen LogP contribution in [0.1, 0.15) is 40.5 Å². The van der Waals surface area contributed by atoms with Crippen LogP contribution in [0, 0.1) is 0 Å². The third-order valence-electron chi connectivity index (χ3n) is 4.21. The Bertz CT molecular complexity index is 698. The molecular formula is C20H27NO3. The lowest BCUT2D eigenvalue weighted by Crippen LogP contribution is -2.42. The molecule has 0 aliphatic rings. The van der Waals surface area contributed by atoms with Crippen LogP contribution in [0.3, 0.4) is 0 Å². The average Bonchev–Trinajstić information content (AvgIpc) is 2.61. The number of benzene rings is 2. The van der Waals surface area contributed by atoms with Crippen molar-refractivity contribution in [2.75, 3.05) is 18.5 Å². The predicted molar refractivity (Wildman–Crippen MR) is 98.7 cm³/mol. The maximum absolute atomic E-state index is 12.7. The summed E-state index contributed by atoms with van der Waals surface area (Å²) in [6, 6.07) is 11.8. The van der Waals surface area contributed by atoms with Gasteiger partial charge in [-0.3, -0.25) is 4.79 Å². The van der Waals surface area contributed by atoms with Gasteiger partial charge in [0, 0.05) is 23.1 Å². The second kappa shape index (κ2) is 8.15. The number of anilines is 1. The Morgan fingerprint density at radius 1 is 1.08 bits per heavy atom. The topological polar surface area (TPSA) is 47.6 Å². The summed E-state index contributed by atoms with van der Waals surface area (Å²) in [5, 5.41) is 4.99. The molecule has 0 spiro atoms. The largest absolute Gasteiger partial charge is 0.493 e. The van der Waals surface area contributed by atoms with Crippen LogP contribution in [0.25, 0.3) is 10.8 Å². The van der Waals surface area contributed by atoms with Gasteiger partial charge in [0.1, 0.15) is 11.4 Å². The van der Waals surface area contributed by atoms with Crippen molar-refractivity contribution in [1.82, 2.24) is 0 Å². The van der Waals surface area contributed by atoms with E-state index in [2.05, 4.69) is 12.2 Å². The Morgan fingerprint density at radius 3 is 2.42 bits per heavy atom. The second-order valence-corrected chi connectivity index (χ2v) is 5.98. The minimum absolute atomic E-state index is 0.126. The summed E-state index contributed by atoms with van der Waals surface area (Å²) >= 11 is 0. The summed E-state index contributed by atoms with van der Waals surface area (Å²) in [6.07, 6.45) is 1.57.